The summed E-state index contributed by atoms with van der Waals surface area (Å²) in [6, 6.07) is 17.8. The van der Waals surface area contributed by atoms with Crippen LogP contribution in [-0.2, 0) is 11.2 Å². The molecule has 0 aliphatic carbocycles. The topological polar surface area (TPSA) is 72.6 Å². The molecule has 0 fully saturated rings. The molecule has 0 aromatic heterocycles. The largest absolute Gasteiger partial charge is 0.490 e. The van der Waals surface area contributed by atoms with E-state index in [0.717, 1.165) is 5.56 Å². The van der Waals surface area contributed by atoms with Crippen LogP contribution in [0.4, 0.5) is 0 Å². The first-order chi connectivity index (χ1) is 10.2. The zero-order valence-electron chi connectivity index (χ0n) is 11.7. The number of ketones is 1. The van der Waals surface area contributed by atoms with E-state index in [1.54, 1.807) is 12.1 Å². The van der Waals surface area contributed by atoms with Crippen LogP contribution in [0.2, 0.25) is 0 Å². The highest BCUT2D eigenvalue weighted by Crippen LogP contribution is 2.09. The lowest BCUT2D eigenvalue weighted by Gasteiger charge is -2.16. The van der Waals surface area contributed by atoms with Crippen LogP contribution >= 0.6 is 0 Å². The van der Waals surface area contributed by atoms with Crippen LogP contribution in [0.5, 0.6) is 5.75 Å². The Morgan fingerprint density at radius 2 is 1.62 bits per heavy atom. The van der Waals surface area contributed by atoms with Crippen molar-refractivity contribution in [2.75, 3.05) is 6.61 Å². The molecule has 2 aromatic carbocycles. The van der Waals surface area contributed by atoms with E-state index in [0.29, 0.717) is 12.2 Å². The van der Waals surface area contributed by atoms with Gasteiger partial charge in [0.15, 0.2) is 5.78 Å². The summed E-state index contributed by atoms with van der Waals surface area (Å²) >= 11 is 0. The molecule has 3 N–H and O–H groups in total. The molecule has 2 rings (SSSR count). The van der Waals surface area contributed by atoms with Gasteiger partial charge in [0.1, 0.15) is 18.5 Å². The lowest BCUT2D eigenvalue weighted by molar-refractivity contribution is -0.129. The van der Waals surface area contributed by atoms with Gasteiger partial charge < -0.3 is 15.6 Å². The molecule has 0 bridgehead atoms. The minimum Gasteiger partial charge on any atom is -0.490 e. The van der Waals surface area contributed by atoms with Gasteiger partial charge in [-0.15, -0.1) is 0 Å². The van der Waals surface area contributed by atoms with Gasteiger partial charge in [0, 0.05) is 0 Å². The lowest BCUT2D eigenvalue weighted by Crippen LogP contribution is -2.42. The molecule has 4 heteroatoms. The van der Waals surface area contributed by atoms with Crippen molar-refractivity contribution in [1.29, 1.82) is 0 Å². The number of Topliss-reactive ketones (excluding diaryl/α,β-unsaturated/α-hetero) is 1. The highest BCUT2D eigenvalue weighted by atomic mass is 16.5. The molecule has 0 saturated heterocycles. The van der Waals surface area contributed by atoms with Gasteiger partial charge in [0.05, 0.1) is 6.04 Å². The van der Waals surface area contributed by atoms with E-state index in [-0.39, 0.29) is 6.61 Å². The van der Waals surface area contributed by atoms with Crippen molar-refractivity contribution in [3.63, 3.8) is 0 Å². The normalized spacial score (nSPS) is 13.4. The van der Waals surface area contributed by atoms with Crippen LogP contribution in [0.15, 0.2) is 60.7 Å². The lowest BCUT2D eigenvalue weighted by atomic mass is 10.0. The zero-order valence-corrected chi connectivity index (χ0v) is 11.7. The molecule has 1 unspecified atom stereocenters. The number of benzene rings is 2. The van der Waals surface area contributed by atoms with Crippen LogP contribution < -0.4 is 10.5 Å². The Bertz CT molecular complexity index is 557. The molecule has 2 atom stereocenters. The first-order valence-electron chi connectivity index (χ1n) is 6.86. The summed E-state index contributed by atoms with van der Waals surface area (Å²) in [6.45, 7) is -0.0919. The van der Waals surface area contributed by atoms with E-state index in [9.17, 15) is 9.90 Å². The Balaban J connectivity index is 1.84. The molecule has 0 amide bonds. The third kappa shape index (κ3) is 4.70. The van der Waals surface area contributed by atoms with Gasteiger partial charge in [0.25, 0.3) is 0 Å². The number of hydrogen-bond donors (Lipinski definition) is 2. The Labute approximate surface area is 124 Å². The molecule has 0 saturated carbocycles. The maximum atomic E-state index is 12.0. The number of nitrogens with two attached hydrogens (primary N) is 1. The second-order valence-electron chi connectivity index (χ2n) is 4.84. The number of para-hydroxylation sites is 1. The zero-order chi connectivity index (χ0) is 15.1. The molecular formula is C17H19NO3. The highest BCUT2D eigenvalue weighted by molar-refractivity contribution is 5.88. The van der Waals surface area contributed by atoms with E-state index in [1.807, 2.05) is 48.5 Å². The van der Waals surface area contributed by atoms with E-state index in [2.05, 4.69) is 0 Å². The number of aliphatic hydroxyl groups is 1. The fraction of sp³-hybridized carbons (Fsp3) is 0.235. The van der Waals surface area contributed by atoms with Crippen molar-refractivity contribution in [3.8, 4) is 5.75 Å². The molecule has 4 nitrogen and oxygen atoms in total. The number of ether oxygens (including phenoxy) is 1. The van der Waals surface area contributed by atoms with Crippen molar-refractivity contribution in [2.45, 2.75) is 18.6 Å². The highest BCUT2D eigenvalue weighted by Gasteiger charge is 2.23. The van der Waals surface area contributed by atoms with E-state index >= 15 is 0 Å². The summed E-state index contributed by atoms with van der Waals surface area (Å²) in [5, 5.41) is 9.87. The standard InChI is InChI=1S/C17H19NO3/c18-15(11-13-7-3-1-4-8-13)17(20)16(19)12-21-14-9-5-2-6-10-14/h1-10,15-16,19H,11-12,18H2/t15-,16?/m0/s1. The Kier molecular flexibility index (Phi) is 5.49. The molecule has 0 heterocycles. The fourth-order valence-corrected chi connectivity index (χ4v) is 1.99. The first-order valence-corrected chi connectivity index (χ1v) is 6.86. The molecule has 0 aliphatic rings. The summed E-state index contributed by atoms with van der Waals surface area (Å²) in [5.41, 5.74) is 6.82. The third-order valence-corrected chi connectivity index (χ3v) is 3.14. The summed E-state index contributed by atoms with van der Waals surface area (Å²) in [7, 11) is 0. The minimum atomic E-state index is -1.22. The molecule has 21 heavy (non-hydrogen) atoms. The Hall–Kier alpha value is -2.17. The van der Waals surface area contributed by atoms with Crippen molar-refractivity contribution in [3.05, 3.63) is 66.2 Å². The summed E-state index contributed by atoms with van der Waals surface area (Å²) < 4.78 is 5.36. The van der Waals surface area contributed by atoms with Crippen molar-refractivity contribution >= 4 is 5.78 Å². The van der Waals surface area contributed by atoms with Gasteiger partial charge >= 0.3 is 0 Å². The van der Waals surface area contributed by atoms with Crippen LogP contribution in [0, 0.1) is 0 Å². The van der Waals surface area contributed by atoms with Gasteiger partial charge in [-0.1, -0.05) is 48.5 Å². The Morgan fingerprint density at radius 3 is 2.24 bits per heavy atom. The van der Waals surface area contributed by atoms with Gasteiger partial charge in [-0.2, -0.15) is 0 Å². The van der Waals surface area contributed by atoms with Gasteiger partial charge in [-0.25, -0.2) is 0 Å². The molecule has 2 aromatic rings. The smallest absolute Gasteiger partial charge is 0.181 e. The Morgan fingerprint density at radius 1 is 1.05 bits per heavy atom. The fourth-order valence-electron chi connectivity index (χ4n) is 1.99. The quantitative estimate of drug-likeness (QED) is 0.810. The monoisotopic (exact) mass is 285 g/mol. The van der Waals surface area contributed by atoms with Crippen LogP contribution in [0.25, 0.3) is 0 Å². The predicted octanol–water partition coefficient (Wildman–Crippen LogP) is 1.57. The van der Waals surface area contributed by atoms with Crippen molar-refractivity contribution < 1.29 is 14.6 Å². The summed E-state index contributed by atoms with van der Waals surface area (Å²) in [6.07, 6.45) is -0.814. The number of carbonyl (C=O) groups excluding carboxylic acids is 1. The summed E-state index contributed by atoms with van der Waals surface area (Å²) in [4.78, 5) is 12.0. The number of hydrogen-bond acceptors (Lipinski definition) is 4. The second-order valence-corrected chi connectivity index (χ2v) is 4.84. The maximum absolute atomic E-state index is 12.0. The number of rotatable bonds is 7. The predicted molar refractivity (Wildman–Crippen MR) is 81.1 cm³/mol. The van der Waals surface area contributed by atoms with Crippen LogP contribution in [0.3, 0.4) is 0 Å². The molecular weight excluding hydrogens is 266 g/mol. The van der Waals surface area contributed by atoms with Crippen LogP contribution in [0.1, 0.15) is 5.56 Å². The van der Waals surface area contributed by atoms with Crippen molar-refractivity contribution in [1.82, 2.24) is 0 Å². The first kappa shape index (κ1) is 15.2. The second kappa shape index (κ2) is 7.57. The van der Waals surface area contributed by atoms with E-state index in [4.69, 9.17) is 10.5 Å². The molecule has 110 valence electrons. The molecule has 0 aliphatic heterocycles. The SMILES string of the molecule is N[C@@H](Cc1ccccc1)C(=O)C(O)COc1ccccc1. The molecule has 0 spiro atoms. The number of aliphatic hydroxyl groups excluding tert-OH is 1. The minimum absolute atomic E-state index is 0.0919. The van der Waals surface area contributed by atoms with Gasteiger partial charge in [-0.3, -0.25) is 4.79 Å². The molecule has 0 radical (unpaired) electrons. The van der Waals surface area contributed by atoms with E-state index < -0.39 is 17.9 Å². The number of carbonyl (C=O) groups is 1. The third-order valence-electron chi connectivity index (χ3n) is 3.14. The van der Waals surface area contributed by atoms with Crippen molar-refractivity contribution in [2.24, 2.45) is 5.73 Å². The van der Waals surface area contributed by atoms with Gasteiger partial charge in [0.2, 0.25) is 0 Å². The average Bonchev–Trinajstić information content (AvgIpc) is 2.53. The average molecular weight is 285 g/mol. The van der Waals surface area contributed by atoms with E-state index in [1.165, 1.54) is 0 Å². The maximum Gasteiger partial charge on any atom is 0.181 e. The van der Waals surface area contributed by atoms with Gasteiger partial charge in [-0.05, 0) is 24.1 Å². The summed E-state index contributed by atoms with van der Waals surface area (Å²) in [5.74, 6) is 0.204. The van der Waals surface area contributed by atoms with Crippen LogP contribution in [-0.4, -0.2) is 29.6 Å².